The van der Waals surface area contributed by atoms with E-state index in [0.29, 0.717) is 38.6 Å². The highest BCUT2D eigenvalue weighted by molar-refractivity contribution is 5.69. The zero-order valence-corrected chi connectivity index (χ0v) is 41.3. The molecule has 0 amide bonds. The molecule has 0 radical (unpaired) electrons. The zero-order valence-electron chi connectivity index (χ0n) is 41.3. The smallest absolute Gasteiger partial charge is 0.306 e. The molecule has 1 aliphatic heterocycles. The number of nitrogens with zero attached hydrogens (tertiary/aromatic N) is 2. The number of esters is 2. The van der Waals surface area contributed by atoms with Crippen LogP contribution in [-0.4, -0.2) is 100 Å². The van der Waals surface area contributed by atoms with Crippen LogP contribution in [0.4, 0.5) is 0 Å². The first kappa shape index (κ1) is 59.3. The van der Waals surface area contributed by atoms with E-state index in [1.165, 1.54) is 167 Å². The van der Waals surface area contributed by atoms with Crippen molar-refractivity contribution in [3.8, 4) is 0 Å². The molecule has 1 unspecified atom stereocenters. The minimum absolute atomic E-state index is 0.00252. The molecular formula is C52H103N3O6. The first-order valence-corrected chi connectivity index (χ1v) is 26.4. The molecule has 9 nitrogen and oxygen atoms in total. The van der Waals surface area contributed by atoms with Crippen LogP contribution in [0.5, 0.6) is 0 Å². The number of nitrogens with one attached hydrogen (secondary N) is 1. The Morgan fingerprint density at radius 2 is 1.08 bits per heavy atom. The van der Waals surface area contributed by atoms with Crippen LogP contribution in [0, 0.1) is 0 Å². The van der Waals surface area contributed by atoms with E-state index in [2.05, 4.69) is 54.7 Å². The van der Waals surface area contributed by atoms with Gasteiger partial charge < -0.3 is 29.3 Å². The van der Waals surface area contributed by atoms with Gasteiger partial charge in [-0.1, -0.05) is 162 Å². The average Bonchev–Trinajstić information content (AvgIpc) is 3.71. The number of likely N-dealkylation sites (tertiary alicyclic amines) is 1. The third-order valence-electron chi connectivity index (χ3n) is 12.1. The summed E-state index contributed by atoms with van der Waals surface area (Å²) >= 11 is 0. The quantitative estimate of drug-likeness (QED) is 0.0278. The van der Waals surface area contributed by atoms with Crippen molar-refractivity contribution in [2.75, 3.05) is 60.0 Å². The van der Waals surface area contributed by atoms with Crippen LogP contribution in [0.2, 0.25) is 0 Å². The molecule has 0 bridgehead atoms. The molecule has 362 valence electrons. The lowest BCUT2D eigenvalue weighted by atomic mass is 10.0. The van der Waals surface area contributed by atoms with Crippen molar-refractivity contribution >= 4 is 18.4 Å². The topological polar surface area (TPSA) is 97.4 Å². The summed E-state index contributed by atoms with van der Waals surface area (Å²) in [4.78, 5) is 39.1. The van der Waals surface area contributed by atoms with Gasteiger partial charge in [-0.15, -0.1) is 0 Å². The Morgan fingerprint density at radius 1 is 0.607 bits per heavy atom. The molecule has 1 saturated heterocycles. The van der Waals surface area contributed by atoms with Crippen LogP contribution in [0.1, 0.15) is 245 Å². The van der Waals surface area contributed by atoms with Crippen LogP contribution in [0.3, 0.4) is 0 Å². The number of unbranched alkanes of at least 4 members (excludes halogenated alkanes) is 24. The van der Waals surface area contributed by atoms with E-state index in [-0.39, 0.29) is 18.0 Å². The minimum atomic E-state index is -0.0127. The normalized spacial score (nSPS) is 14.0. The fourth-order valence-electron chi connectivity index (χ4n) is 8.20. The highest BCUT2D eigenvalue weighted by Crippen LogP contribution is 2.19. The summed E-state index contributed by atoms with van der Waals surface area (Å²) in [7, 11) is 4.27. The molecule has 61 heavy (non-hydrogen) atoms. The molecule has 1 heterocycles. The summed E-state index contributed by atoms with van der Waals surface area (Å²) in [5.41, 5.74) is 0. The second kappa shape index (κ2) is 47.8. The van der Waals surface area contributed by atoms with Crippen LogP contribution in [-0.2, 0) is 28.6 Å². The lowest BCUT2D eigenvalue weighted by Crippen LogP contribution is -2.34. The van der Waals surface area contributed by atoms with Gasteiger partial charge in [0.15, 0.2) is 0 Å². The van der Waals surface area contributed by atoms with Gasteiger partial charge in [0.1, 0.15) is 6.10 Å². The summed E-state index contributed by atoms with van der Waals surface area (Å²) in [5.74, 6) is -0.0102. The molecule has 1 aliphatic rings. The number of carbonyl (C=O) groups excluding carboxylic acids is 3. The largest absolute Gasteiger partial charge is 0.468 e. The molecule has 0 saturated carbocycles. The maximum atomic E-state index is 12.3. The van der Waals surface area contributed by atoms with Crippen molar-refractivity contribution in [2.24, 2.45) is 0 Å². The third kappa shape index (κ3) is 44.7. The number of ether oxygens (including phenoxy) is 3. The average molecular weight is 866 g/mol. The van der Waals surface area contributed by atoms with Crippen molar-refractivity contribution in [1.29, 1.82) is 0 Å². The van der Waals surface area contributed by atoms with Gasteiger partial charge in [-0.25, -0.2) is 0 Å². The van der Waals surface area contributed by atoms with Gasteiger partial charge in [-0.2, -0.15) is 0 Å². The van der Waals surface area contributed by atoms with Gasteiger partial charge in [-0.05, 0) is 111 Å². The maximum absolute atomic E-state index is 12.3. The van der Waals surface area contributed by atoms with Crippen LogP contribution < -0.4 is 5.32 Å². The highest BCUT2D eigenvalue weighted by Gasteiger charge is 2.21. The second-order valence-corrected chi connectivity index (χ2v) is 18.5. The number of carbonyl (C=O) groups is 3. The molecular weight excluding hydrogens is 763 g/mol. The molecule has 1 N–H and O–H groups in total. The lowest BCUT2D eigenvalue weighted by Gasteiger charge is -2.18. The van der Waals surface area contributed by atoms with E-state index in [1.807, 2.05) is 0 Å². The fourth-order valence-corrected chi connectivity index (χ4v) is 8.20. The van der Waals surface area contributed by atoms with Crippen LogP contribution in [0.25, 0.3) is 0 Å². The molecule has 1 rings (SSSR count). The van der Waals surface area contributed by atoms with Crippen molar-refractivity contribution in [3.05, 3.63) is 0 Å². The Morgan fingerprint density at radius 3 is 1.62 bits per heavy atom. The van der Waals surface area contributed by atoms with Crippen molar-refractivity contribution in [1.82, 2.24) is 15.1 Å². The first-order chi connectivity index (χ1) is 29.9. The summed E-state index contributed by atoms with van der Waals surface area (Å²) < 4.78 is 16.0. The van der Waals surface area contributed by atoms with Crippen molar-refractivity contribution < 1.29 is 28.6 Å². The Balaban J connectivity index is 0.00000118. The predicted molar refractivity (Wildman–Crippen MR) is 258 cm³/mol. The fraction of sp³-hybridized carbons (Fsp3) is 0.942. The van der Waals surface area contributed by atoms with Gasteiger partial charge in [0.25, 0.3) is 6.47 Å². The SMILES string of the molecule is CCCCCCCCC(CCCCCCCC)OC(=O)CCCCCCCOC=O.CCCCCCCCCCCOC(=O)CCCCCN1CCC(NCCCN(C)C)C1. The minimum Gasteiger partial charge on any atom is -0.468 e. The van der Waals surface area contributed by atoms with E-state index in [0.717, 1.165) is 77.3 Å². The zero-order chi connectivity index (χ0) is 44.7. The summed E-state index contributed by atoms with van der Waals surface area (Å²) in [6.45, 7) is 14.2. The Kier molecular flexibility index (Phi) is 46.4. The maximum Gasteiger partial charge on any atom is 0.306 e. The van der Waals surface area contributed by atoms with E-state index < -0.39 is 0 Å². The molecule has 1 atom stereocenters. The predicted octanol–water partition coefficient (Wildman–Crippen LogP) is 13.1. The van der Waals surface area contributed by atoms with Gasteiger partial charge in [-0.3, -0.25) is 14.4 Å². The van der Waals surface area contributed by atoms with E-state index in [4.69, 9.17) is 9.47 Å². The Labute approximate surface area is 378 Å². The Bertz CT molecular complexity index is 921. The number of hydrogen-bond acceptors (Lipinski definition) is 9. The summed E-state index contributed by atoms with van der Waals surface area (Å²) in [6, 6.07) is 0.665. The second-order valence-electron chi connectivity index (χ2n) is 18.5. The van der Waals surface area contributed by atoms with Crippen molar-refractivity contribution in [2.45, 2.75) is 258 Å². The monoisotopic (exact) mass is 866 g/mol. The molecule has 0 aromatic carbocycles. The molecule has 9 heteroatoms. The molecule has 0 aromatic rings. The Hall–Kier alpha value is -1.71. The van der Waals surface area contributed by atoms with Gasteiger partial charge in [0.2, 0.25) is 0 Å². The lowest BCUT2D eigenvalue weighted by molar-refractivity contribution is -0.150. The summed E-state index contributed by atoms with van der Waals surface area (Å²) in [5, 5.41) is 3.70. The van der Waals surface area contributed by atoms with Gasteiger partial charge in [0, 0.05) is 25.4 Å². The molecule has 0 spiro atoms. The highest BCUT2D eigenvalue weighted by atomic mass is 16.5. The van der Waals surface area contributed by atoms with E-state index >= 15 is 0 Å². The standard InChI is InChI=1S/C26H53N3O2.C26H50O4/c1-4-5-6-7-8-9-10-11-15-23-31-26(30)17-13-12-14-21-29-22-18-25(24-29)27-19-16-20-28(2)3;1-3-5-7-9-12-16-20-25(21-17-13-10-8-6-4-2)30-26(28)22-18-14-11-15-19-23-29-24-27/h25,27H,4-24H2,1-3H3;24-25H,3-23H2,1-2H3. The van der Waals surface area contributed by atoms with Crippen LogP contribution >= 0.6 is 0 Å². The van der Waals surface area contributed by atoms with E-state index in [9.17, 15) is 14.4 Å². The van der Waals surface area contributed by atoms with E-state index in [1.54, 1.807) is 0 Å². The molecule has 1 fully saturated rings. The summed E-state index contributed by atoms with van der Waals surface area (Å²) in [6.07, 6.45) is 41.1. The van der Waals surface area contributed by atoms with Crippen LogP contribution in [0.15, 0.2) is 0 Å². The molecule has 0 aliphatic carbocycles. The number of hydrogen-bond donors (Lipinski definition) is 1. The molecule has 0 aromatic heterocycles. The first-order valence-electron chi connectivity index (χ1n) is 26.4. The third-order valence-corrected chi connectivity index (χ3v) is 12.1. The van der Waals surface area contributed by atoms with Crippen molar-refractivity contribution in [3.63, 3.8) is 0 Å². The number of rotatable bonds is 45. The van der Waals surface area contributed by atoms with Gasteiger partial charge >= 0.3 is 11.9 Å². The van der Waals surface area contributed by atoms with Gasteiger partial charge in [0.05, 0.1) is 13.2 Å².